The maximum absolute atomic E-state index is 9.30. The number of piperidine rings is 1. The summed E-state index contributed by atoms with van der Waals surface area (Å²) < 4.78 is 7.85. The van der Waals surface area contributed by atoms with Gasteiger partial charge in [-0.2, -0.15) is 5.10 Å². The molecule has 8 nitrogen and oxygen atoms in total. The molecule has 0 saturated carbocycles. The lowest BCUT2D eigenvalue weighted by Crippen LogP contribution is -2.34. The molecule has 0 spiro atoms. The van der Waals surface area contributed by atoms with Crippen LogP contribution in [0.25, 0.3) is 11.5 Å². The summed E-state index contributed by atoms with van der Waals surface area (Å²) in [6.07, 6.45) is 3.92. The summed E-state index contributed by atoms with van der Waals surface area (Å²) in [5.41, 5.74) is 0.887. The molecule has 3 aromatic rings. The molecule has 0 aliphatic carbocycles. The van der Waals surface area contributed by atoms with Crippen LogP contribution >= 0.6 is 0 Å². The van der Waals surface area contributed by atoms with Gasteiger partial charge in [0.25, 0.3) is 0 Å². The molecule has 1 aliphatic rings. The monoisotopic (exact) mass is 342 g/mol. The molecule has 0 amide bonds. The van der Waals surface area contributed by atoms with E-state index >= 15 is 0 Å². The van der Waals surface area contributed by atoms with Crippen LogP contribution in [0, 0.1) is 0 Å². The minimum absolute atomic E-state index is 0.0806. The van der Waals surface area contributed by atoms with E-state index in [0.29, 0.717) is 11.7 Å². The normalized spacial score (nSPS) is 18.7. The van der Waals surface area contributed by atoms with Crippen molar-refractivity contribution in [3.8, 4) is 11.5 Å². The van der Waals surface area contributed by atoms with Crippen molar-refractivity contribution in [2.75, 3.05) is 13.1 Å². The zero-order valence-electron chi connectivity index (χ0n) is 14.2. The quantitative estimate of drug-likeness (QED) is 0.732. The van der Waals surface area contributed by atoms with Gasteiger partial charge in [-0.05, 0) is 37.6 Å². The number of aromatic nitrogens is 5. The maximum atomic E-state index is 9.30. The van der Waals surface area contributed by atoms with E-state index in [1.54, 1.807) is 6.20 Å². The van der Waals surface area contributed by atoms with E-state index in [0.717, 1.165) is 55.5 Å². The van der Waals surface area contributed by atoms with Crippen molar-refractivity contribution in [3.05, 3.63) is 41.8 Å². The van der Waals surface area contributed by atoms with Crippen LogP contribution < -0.4 is 0 Å². The van der Waals surface area contributed by atoms with Gasteiger partial charge in [-0.15, -0.1) is 10.2 Å². The van der Waals surface area contributed by atoms with Crippen LogP contribution in [0.5, 0.6) is 0 Å². The molecular weight excluding hydrogens is 320 g/mol. The number of furan rings is 1. The zero-order chi connectivity index (χ0) is 17.2. The van der Waals surface area contributed by atoms with Crippen LogP contribution in [-0.4, -0.2) is 48.1 Å². The topological polar surface area (TPSA) is 96.0 Å². The van der Waals surface area contributed by atoms with Gasteiger partial charge in [0.15, 0.2) is 11.6 Å². The van der Waals surface area contributed by atoms with E-state index in [1.165, 1.54) is 0 Å². The Balaban J connectivity index is 1.44. The van der Waals surface area contributed by atoms with Crippen molar-refractivity contribution in [2.24, 2.45) is 7.05 Å². The van der Waals surface area contributed by atoms with Crippen molar-refractivity contribution < 1.29 is 9.52 Å². The third-order valence-electron chi connectivity index (χ3n) is 4.82. The van der Waals surface area contributed by atoms with Gasteiger partial charge >= 0.3 is 0 Å². The fraction of sp³-hybridized carbons (Fsp3) is 0.471. The Morgan fingerprint density at radius 3 is 3.00 bits per heavy atom. The lowest BCUT2D eigenvalue weighted by Gasteiger charge is -2.31. The number of aliphatic hydroxyl groups excluding tert-OH is 1. The van der Waals surface area contributed by atoms with Gasteiger partial charge in [0, 0.05) is 25.7 Å². The number of likely N-dealkylation sites (tertiary alicyclic amines) is 1. The van der Waals surface area contributed by atoms with Crippen LogP contribution in [0.2, 0.25) is 0 Å². The van der Waals surface area contributed by atoms with Gasteiger partial charge in [0.1, 0.15) is 23.9 Å². The number of aromatic amines is 1. The number of hydrogen-bond acceptors (Lipinski definition) is 6. The summed E-state index contributed by atoms with van der Waals surface area (Å²) in [6, 6.07) is 5.89. The first-order chi connectivity index (χ1) is 12.2. The molecular formula is C17H22N6O2. The minimum Gasteiger partial charge on any atom is -0.458 e. The van der Waals surface area contributed by atoms with Crippen molar-refractivity contribution in [3.63, 3.8) is 0 Å². The highest BCUT2D eigenvalue weighted by molar-refractivity contribution is 5.51. The molecule has 4 rings (SSSR count). The van der Waals surface area contributed by atoms with Gasteiger partial charge in [0.2, 0.25) is 0 Å². The number of hydrogen-bond donors (Lipinski definition) is 2. The highest BCUT2D eigenvalue weighted by atomic mass is 16.3. The first kappa shape index (κ1) is 16.0. The molecule has 4 heterocycles. The van der Waals surface area contributed by atoms with Crippen LogP contribution in [0.4, 0.5) is 0 Å². The number of aliphatic hydroxyl groups is 1. The zero-order valence-corrected chi connectivity index (χ0v) is 14.2. The lowest BCUT2D eigenvalue weighted by molar-refractivity contribution is 0.182. The average Bonchev–Trinajstić information content (AvgIpc) is 3.35. The fourth-order valence-electron chi connectivity index (χ4n) is 3.50. The summed E-state index contributed by atoms with van der Waals surface area (Å²) >= 11 is 0. The van der Waals surface area contributed by atoms with Crippen molar-refractivity contribution in [2.45, 2.75) is 31.9 Å². The first-order valence-electron chi connectivity index (χ1n) is 8.54. The number of H-pyrrole nitrogens is 1. The molecule has 0 aromatic carbocycles. The fourth-order valence-corrected chi connectivity index (χ4v) is 3.50. The molecule has 0 radical (unpaired) electrons. The second-order valence-electron chi connectivity index (χ2n) is 6.50. The van der Waals surface area contributed by atoms with E-state index in [1.807, 2.05) is 29.8 Å². The van der Waals surface area contributed by atoms with E-state index in [2.05, 4.69) is 25.3 Å². The van der Waals surface area contributed by atoms with Crippen molar-refractivity contribution >= 4 is 0 Å². The van der Waals surface area contributed by atoms with E-state index in [4.69, 9.17) is 4.42 Å². The summed E-state index contributed by atoms with van der Waals surface area (Å²) in [7, 11) is 1.92. The number of nitrogens with one attached hydrogen (secondary N) is 1. The van der Waals surface area contributed by atoms with Crippen molar-refractivity contribution in [1.82, 2.24) is 29.9 Å². The van der Waals surface area contributed by atoms with Gasteiger partial charge in [0.05, 0.1) is 6.54 Å². The maximum Gasteiger partial charge on any atom is 0.158 e. The standard InChI is InChI=1S/C17H22N6O2/c1-22-16(11-24)20-21-17(22)12-3-2-8-23(9-12)10-13-4-5-15(25-13)14-6-7-18-19-14/h4-7,12,24H,2-3,8-11H2,1H3,(H,18,19)/t12-/m0/s1. The van der Waals surface area contributed by atoms with Gasteiger partial charge in [-0.25, -0.2) is 0 Å². The molecule has 132 valence electrons. The minimum atomic E-state index is -0.0806. The van der Waals surface area contributed by atoms with Gasteiger partial charge in [-0.1, -0.05) is 0 Å². The summed E-state index contributed by atoms with van der Waals surface area (Å²) in [4.78, 5) is 2.39. The first-order valence-corrected chi connectivity index (χ1v) is 8.54. The number of rotatable bonds is 5. The third kappa shape index (κ3) is 3.22. The predicted molar refractivity (Wildman–Crippen MR) is 90.5 cm³/mol. The largest absolute Gasteiger partial charge is 0.458 e. The average molecular weight is 342 g/mol. The van der Waals surface area contributed by atoms with Crippen LogP contribution in [-0.2, 0) is 20.2 Å². The molecule has 0 bridgehead atoms. The Morgan fingerprint density at radius 2 is 2.24 bits per heavy atom. The smallest absolute Gasteiger partial charge is 0.158 e. The van der Waals surface area contributed by atoms with E-state index < -0.39 is 0 Å². The summed E-state index contributed by atoms with van der Waals surface area (Å²) in [6.45, 7) is 2.65. The third-order valence-corrected chi connectivity index (χ3v) is 4.82. The Morgan fingerprint density at radius 1 is 1.32 bits per heavy atom. The van der Waals surface area contributed by atoms with Gasteiger partial charge < -0.3 is 14.1 Å². The van der Waals surface area contributed by atoms with E-state index in [9.17, 15) is 5.11 Å². The Kier molecular flexibility index (Phi) is 4.37. The molecule has 1 fully saturated rings. The highest BCUT2D eigenvalue weighted by Gasteiger charge is 2.26. The SMILES string of the molecule is Cn1c(CO)nnc1[C@H]1CCCN(Cc2ccc(-c3ccn[nH]3)o2)C1. The Labute approximate surface area is 145 Å². The van der Waals surface area contributed by atoms with Crippen LogP contribution in [0.1, 0.15) is 36.2 Å². The molecule has 0 unspecified atom stereocenters. The molecule has 1 aliphatic heterocycles. The molecule has 25 heavy (non-hydrogen) atoms. The molecule has 1 atom stereocenters. The van der Waals surface area contributed by atoms with E-state index in [-0.39, 0.29) is 6.61 Å². The molecule has 1 saturated heterocycles. The Hall–Kier alpha value is -2.45. The van der Waals surface area contributed by atoms with Crippen LogP contribution in [0.15, 0.2) is 28.8 Å². The molecule has 8 heteroatoms. The highest BCUT2D eigenvalue weighted by Crippen LogP contribution is 2.28. The summed E-state index contributed by atoms with van der Waals surface area (Å²) in [5, 5.41) is 24.5. The molecule has 2 N–H and O–H groups in total. The second kappa shape index (κ2) is 6.81. The second-order valence-corrected chi connectivity index (χ2v) is 6.50. The van der Waals surface area contributed by atoms with Crippen molar-refractivity contribution in [1.29, 1.82) is 0 Å². The lowest BCUT2D eigenvalue weighted by atomic mass is 9.97. The Bertz CT molecular complexity index is 822. The number of nitrogens with zero attached hydrogens (tertiary/aromatic N) is 5. The summed E-state index contributed by atoms with van der Waals surface area (Å²) in [5.74, 6) is 3.64. The van der Waals surface area contributed by atoms with Gasteiger partial charge in [-0.3, -0.25) is 10.00 Å². The molecule has 3 aromatic heterocycles. The predicted octanol–water partition coefficient (Wildman–Crippen LogP) is 1.67. The van der Waals surface area contributed by atoms with Crippen LogP contribution in [0.3, 0.4) is 0 Å².